The molecule has 0 saturated carbocycles. The summed E-state index contributed by atoms with van der Waals surface area (Å²) in [5.41, 5.74) is 0.494. The molecular formula is C30H51F3O3. The van der Waals surface area contributed by atoms with Crippen LogP contribution in [0.5, 0.6) is 0 Å². The van der Waals surface area contributed by atoms with Gasteiger partial charge in [-0.05, 0) is 62.6 Å². The highest BCUT2D eigenvalue weighted by Crippen LogP contribution is 2.35. The zero-order valence-corrected chi connectivity index (χ0v) is 23.3. The van der Waals surface area contributed by atoms with E-state index in [9.17, 15) is 13.2 Å². The molecule has 0 aromatic heterocycles. The van der Waals surface area contributed by atoms with Crippen LogP contribution in [0, 0.1) is 23.4 Å². The molecule has 0 radical (unpaired) electrons. The summed E-state index contributed by atoms with van der Waals surface area (Å²) in [6.07, 6.45) is 15.1. The van der Waals surface area contributed by atoms with E-state index in [0.717, 1.165) is 69.9 Å². The van der Waals surface area contributed by atoms with Gasteiger partial charge in [0, 0.05) is 5.92 Å². The first-order chi connectivity index (χ1) is 17.4. The Kier molecular flexibility index (Phi) is 18.2. The highest BCUT2D eigenvalue weighted by Gasteiger charge is 2.41. The first-order valence-corrected chi connectivity index (χ1v) is 14.5. The fourth-order valence-corrected chi connectivity index (χ4v) is 4.53. The maximum absolute atomic E-state index is 13.5. The minimum atomic E-state index is -1.40. The number of halogens is 3. The van der Waals surface area contributed by atoms with E-state index in [-0.39, 0.29) is 5.92 Å². The van der Waals surface area contributed by atoms with Gasteiger partial charge in [-0.3, -0.25) is 0 Å². The standard InChI is InChI=1S/C30H51F3O3/c1-5-9-10-11-12-15-18-26(30(34-20-6-2,35-21-7-3)36-22-8-4)19-16-13-14-17-25-23-27(31)29(33)28(32)24-25/h23-24,26H,5-22H2,1-4H3. The summed E-state index contributed by atoms with van der Waals surface area (Å²) < 4.78 is 59.3. The Morgan fingerprint density at radius 2 is 1.06 bits per heavy atom. The molecule has 0 aliphatic heterocycles. The number of benzene rings is 1. The lowest BCUT2D eigenvalue weighted by molar-refractivity contribution is -0.406. The fourth-order valence-electron chi connectivity index (χ4n) is 4.53. The largest absolute Gasteiger partial charge is 0.327 e. The van der Waals surface area contributed by atoms with Gasteiger partial charge in [-0.1, -0.05) is 79.1 Å². The van der Waals surface area contributed by atoms with E-state index >= 15 is 0 Å². The van der Waals surface area contributed by atoms with Crippen LogP contribution in [0.3, 0.4) is 0 Å². The van der Waals surface area contributed by atoms with Crippen LogP contribution < -0.4 is 0 Å². The topological polar surface area (TPSA) is 27.7 Å². The summed E-state index contributed by atoms with van der Waals surface area (Å²) in [6.45, 7) is 10.3. The molecule has 1 unspecified atom stereocenters. The first-order valence-electron chi connectivity index (χ1n) is 14.5. The van der Waals surface area contributed by atoms with Crippen molar-refractivity contribution in [1.82, 2.24) is 0 Å². The summed E-state index contributed by atoms with van der Waals surface area (Å²) in [7, 11) is 0. The van der Waals surface area contributed by atoms with Crippen molar-refractivity contribution in [3.05, 3.63) is 35.1 Å². The van der Waals surface area contributed by atoms with E-state index in [1.54, 1.807) is 0 Å². The second-order valence-electron chi connectivity index (χ2n) is 9.88. The van der Waals surface area contributed by atoms with Gasteiger partial charge in [-0.25, -0.2) is 13.2 Å². The molecule has 210 valence electrons. The Bertz CT molecular complexity index is 639. The highest BCUT2D eigenvalue weighted by molar-refractivity contribution is 5.19. The van der Waals surface area contributed by atoms with Crippen LogP contribution in [0.4, 0.5) is 13.2 Å². The molecule has 0 saturated heterocycles. The SMILES string of the molecule is CCCCCCCCC(CCCCCc1cc(F)c(F)c(F)c1)C(OCCC)(OCCC)OCCC. The first kappa shape index (κ1) is 32.9. The quantitative estimate of drug-likeness (QED) is 0.0823. The monoisotopic (exact) mass is 516 g/mol. The van der Waals surface area contributed by atoms with Crippen molar-refractivity contribution in [3.8, 4) is 0 Å². The number of hydrogen-bond acceptors (Lipinski definition) is 3. The Morgan fingerprint density at radius 3 is 1.53 bits per heavy atom. The number of ether oxygens (including phenoxy) is 3. The highest BCUT2D eigenvalue weighted by atomic mass is 19.2. The summed E-state index contributed by atoms with van der Waals surface area (Å²) in [5, 5.41) is 0. The molecule has 0 aliphatic rings. The van der Waals surface area contributed by atoms with E-state index in [1.807, 2.05) is 0 Å². The van der Waals surface area contributed by atoms with Gasteiger partial charge in [-0.15, -0.1) is 0 Å². The third-order valence-electron chi connectivity index (χ3n) is 6.49. The predicted molar refractivity (Wildman–Crippen MR) is 141 cm³/mol. The molecule has 0 fully saturated rings. The normalized spacial score (nSPS) is 12.9. The van der Waals surface area contributed by atoms with Gasteiger partial charge in [0.25, 0.3) is 5.97 Å². The third-order valence-corrected chi connectivity index (χ3v) is 6.49. The Morgan fingerprint density at radius 1 is 0.611 bits per heavy atom. The second kappa shape index (κ2) is 19.9. The van der Waals surface area contributed by atoms with E-state index in [0.29, 0.717) is 31.8 Å². The molecule has 1 aromatic rings. The van der Waals surface area contributed by atoms with Crippen LogP contribution >= 0.6 is 0 Å². The summed E-state index contributed by atoms with van der Waals surface area (Å²) in [5.74, 6) is -4.55. The average molecular weight is 517 g/mol. The van der Waals surface area contributed by atoms with E-state index in [2.05, 4.69) is 27.7 Å². The molecule has 6 heteroatoms. The van der Waals surface area contributed by atoms with Crippen molar-refractivity contribution in [1.29, 1.82) is 0 Å². The van der Waals surface area contributed by atoms with E-state index < -0.39 is 23.4 Å². The molecule has 0 aliphatic carbocycles. The van der Waals surface area contributed by atoms with Crippen molar-refractivity contribution in [3.63, 3.8) is 0 Å². The van der Waals surface area contributed by atoms with Gasteiger partial charge in [0.15, 0.2) is 17.5 Å². The Labute approximate surface area is 218 Å². The fraction of sp³-hybridized carbons (Fsp3) is 0.800. The molecule has 0 spiro atoms. The van der Waals surface area contributed by atoms with Crippen LogP contribution in [0.15, 0.2) is 12.1 Å². The molecule has 1 rings (SSSR count). The lowest BCUT2D eigenvalue weighted by atomic mass is 9.91. The Hall–Kier alpha value is -1.11. The molecule has 1 atom stereocenters. The van der Waals surface area contributed by atoms with Crippen molar-refractivity contribution in [2.75, 3.05) is 19.8 Å². The van der Waals surface area contributed by atoms with Gasteiger partial charge in [-0.2, -0.15) is 0 Å². The van der Waals surface area contributed by atoms with Gasteiger partial charge < -0.3 is 14.2 Å². The van der Waals surface area contributed by atoms with Gasteiger partial charge in [0.05, 0.1) is 19.8 Å². The summed E-state index contributed by atoms with van der Waals surface area (Å²) >= 11 is 0. The van der Waals surface area contributed by atoms with Crippen LogP contribution in [0.2, 0.25) is 0 Å². The summed E-state index contributed by atoms with van der Waals surface area (Å²) in [4.78, 5) is 0. The van der Waals surface area contributed by atoms with E-state index in [4.69, 9.17) is 14.2 Å². The number of unbranched alkanes of at least 4 members (excludes halogenated alkanes) is 7. The van der Waals surface area contributed by atoms with Gasteiger partial charge >= 0.3 is 0 Å². The minimum absolute atomic E-state index is 0.119. The van der Waals surface area contributed by atoms with Crippen LogP contribution in [-0.4, -0.2) is 25.8 Å². The maximum Gasteiger partial charge on any atom is 0.285 e. The molecule has 1 aromatic carbocycles. The van der Waals surface area contributed by atoms with Crippen LogP contribution in [0.25, 0.3) is 0 Å². The minimum Gasteiger partial charge on any atom is -0.327 e. The number of rotatable bonds is 23. The number of aryl methyl sites for hydroxylation is 1. The van der Waals surface area contributed by atoms with Crippen molar-refractivity contribution in [2.45, 2.75) is 130 Å². The smallest absolute Gasteiger partial charge is 0.285 e. The van der Waals surface area contributed by atoms with Gasteiger partial charge in [0.2, 0.25) is 0 Å². The molecule has 36 heavy (non-hydrogen) atoms. The maximum atomic E-state index is 13.5. The van der Waals surface area contributed by atoms with Gasteiger partial charge in [0.1, 0.15) is 0 Å². The molecular weight excluding hydrogens is 465 g/mol. The molecule has 0 heterocycles. The molecule has 0 N–H and O–H groups in total. The third kappa shape index (κ3) is 12.4. The van der Waals surface area contributed by atoms with E-state index in [1.165, 1.54) is 32.1 Å². The Balaban J connectivity index is 2.81. The van der Waals surface area contributed by atoms with Crippen molar-refractivity contribution < 1.29 is 27.4 Å². The lowest BCUT2D eigenvalue weighted by Crippen LogP contribution is -2.47. The predicted octanol–water partition coefficient (Wildman–Crippen LogP) is 9.51. The zero-order chi connectivity index (χ0) is 26.7. The second-order valence-corrected chi connectivity index (χ2v) is 9.88. The molecule has 0 amide bonds. The molecule has 0 bridgehead atoms. The average Bonchev–Trinajstić information content (AvgIpc) is 2.87. The van der Waals surface area contributed by atoms with Crippen molar-refractivity contribution >= 4 is 0 Å². The lowest BCUT2D eigenvalue weighted by Gasteiger charge is -2.40. The molecule has 3 nitrogen and oxygen atoms in total. The van der Waals surface area contributed by atoms with Crippen LogP contribution in [0.1, 0.15) is 123 Å². The zero-order valence-electron chi connectivity index (χ0n) is 23.3. The number of hydrogen-bond donors (Lipinski definition) is 0. The van der Waals surface area contributed by atoms with Crippen molar-refractivity contribution in [2.24, 2.45) is 5.92 Å². The summed E-state index contributed by atoms with van der Waals surface area (Å²) in [6, 6.07) is 2.20. The van der Waals surface area contributed by atoms with Crippen LogP contribution in [-0.2, 0) is 20.6 Å².